The SMILES string of the molecule is CC.COC(=O)[C@H](c1ccccc1Cl)N1CCC2=C(CCS2)C1. The molecule has 2 aliphatic heterocycles. The van der Waals surface area contributed by atoms with Gasteiger partial charge < -0.3 is 4.74 Å². The molecule has 0 aliphatic carbocycles. The Balaban J connectivity index is 0.000000924. The van der Waals surface area contributed by atoms with Gasteiger partial charge in [-0.2, -0.15) is 0 Å². The number of methoxy groups -OCH3 is 1. The van der Waals surface area contributed by atoms with E-state index in [9.17, 15) is 4.79 Å². The molecule has 23 heavy (non-hydrogen) atoms. The van der Waals surface area contributed by atoms with Gasteiger partial charge in [0.2, 0.25) is 0 Å². The first-order chi connectivity index (χ1) is 11.2. The number of carbonyl (C=O) groups is 1. The highest BCUT2D eigenvalue weighted by Gasteiger charge is 2.34. The third-order valence-electron chi connectivity index (χ3n) is 4.08. The molecule has 0 saturated carbocycles. The van der Waals surface area contributed by atoms with E-state index in [-0.39, 0.29) is 5.97 Å². The number of benzene rings is 1. The van der Waals surface area contributed by atoms with Gasteiger partial charge in [0.1, 0.15) is 6.04 Å². The Bertz CT molecular complexity index is 588. The molecular weight excluding hydrogens is 330 g/mol. The van der Waals surface area contributed by atoms with Crippen molar-refractivity contribution in [3.8, 4) is 0 Å². The van der Waals surface area contributed by atoms with Gasteiger partial charge in [0.25, 0.3) is 0 Å². The predicted molar refractivity (Wildman–Crippen MR) is 97.8 cm³/mol. The molecule has 5 heteroatoms. The topological polar surface area (TPSA) is 29.5 Å². The highest BCUT2D eigenvalue weighted by Crippen LogP contribution is 2.40. The fourth-order valence-corrected chi connectivity index (χ4v) is 4.47. The average molecular weight is 354 g/mol. The van der Waals surface area contributed by atoms with Gasteiger partial charge >= 0.3 is 5.97 Å². The van der Waals surface area contributed by atoms with Gasteiger partial charge in [-0.15, -0.1) is 11.8 Å². The molecule has 0 N–H and O–H groups in total. The molecule has 0 spiro atoms. The standard InChI is InChI=1S/C16H18ClNO2S.C2H6/c1-20-16(19)15(12-4-2-3-5-13(12)17)18-8-6-14-11(10-18)7-9-21-14;1-2/h2-5,15H,6-10H2,1H3;1-2H3/t15-;/m0./s1. The van der Waals surface area contributed by atoms with Crippen LogP contribution in [0.1, 0.15) is 38.3 Å². The molecule has 0 bridgehead atoms. The minimum absolute atomic E-state index is 0.238. The Labute approximate surface area is 148 Å². The highest BCUT2D eigenvalue weighted by molar-refractivity contribution is 8.03. The summed E-state index contributed by atoms with van der Waals surface area (Å²) in [5.74, 6) is 0.936. The highest BCUT2D eigenvalue weighted by atomic mass is 35.5. The fourth-order valence-electron chi connectivity index (χ4n) is 3.03. The van der Waals surface area contributed by atoms with Crippen molar-refractivity contribution >= 4 is 29.3 Å². The number of thioether (sulfide) groups is 1. The van der Waals surface area contributed by atoms with Crippen LogP contribution >= 0.6 is 23.4 Å². The first-order valence-electron chi connectivity index (χ1n) is 8.10. The summed E-state index contributed by atoms with van der Waals surface area (Å²) in [4.78, 5) is 16.0. The van der Waals surface area contributed by atoms with Crippen LogP contribution < -0.4 is 0 Å². The number of halogens is 1. The minimum atomic E-state index is -0.414. The fraction of sp³-hybridized carbons (Fsp3) is 0.500. The van der Waals surface area contributed by atoms with Gasteiger partial charge in [0.05, 0.1) is 7.11 Å². The molecule has 3 rings (SSSR count). The number of esters is 1. The maximum absolute atomic E-state index is 12.3. The van der Waals surface area contributed by atoms with Crippen LogP contribution in [0.3, 0.4) is 0 Å². The monoisotopic (exact) mass is 353 g/mol. The lowest BCUT2D eigenvalue weighted by atomic mass is 10.0. The summed E-state index contributed by atoms with van der Waals surface area (Å²) in [6.07, 6.45) is 2.16. The Hall–Kier alpha value is -0.970. The molecule has 0 amide bonds. The van der Waals surface area contributed by atoms with Gasteiger partial charge in [0.15, 0.2) is 0 Å². The van der Waals surface area contributed by atoms with Crippen molar-refractivity contribution in [3.05, 3.63) is 45.3 Å². The summed E-state index contributed by atoms with van der Waals surface area (Å²) in [5.41, 5.74) is 2.31. The molecule has 0 fully saturated rings. The Morgan fingerprint density at radius 1 is 1.30 bits per heavy atom. The van der Waals surface area contributed by atoms with Gasteiger partial charge in [0, 0.05) is 23.9 Å². The molecule has 126 valence electrons. The zero-order valence-electron chi connectivity index (χ0n) is 14.0. The van der Waals surface area contributed by atoms with E-state index in [0.717, 1.165) is 31.5 Å². The normalized spacial score (nSPS) is 18.8. The number of hydrogen-bond donors (Lipinski definition) is 0. The van der Waals surface area contributed by atoms with E-state index >= 15 is 0 Å². The van der Waals surface area contributed by atoms with Crippen molar-refractivity contribution in [1.29, 1.82) is 0 Å². The molecule has 0 saturated heterocycles. The first-order valence-corrected chi connectivity index (χ1v) is 9.47. The molecule has 0 aromatic heterocycles. The molecule has 2 aliphatic rings. The van der Waals surface area contributed by atoms with Gasteiger partial charge in [-0.1, -0.05) is 43.6 Å². The van der Waals surface area contributed by atoms with Crippen LogP contribution in [0, 0.1) is 0 Å². The second-order valence-electron chi connectivity index (χ2n) is 5.29. The van der Waals surface area contributed by atoms with Crippen LogP contribution in [0.25, 0.3) is 0 Å². The first kappa shape index (κ1) is 18.4. The maximum Gasteiger partial charge on any atom is 0.327 e. The van der Waals surface area contributed by atoms with Crippen molar-refractivity contribution in [1.82, 2.24) is 4.90 Å². The number of carbonyl (C=O) groups excluding carboxylic acids is 1. The van der Waals surface area contributed by atoms with Crippen molar-refractivity contribution in [3.63, 3.8) is 0 Å². The summed E-state index contributed by atoms with van der Waals surface area (Å²) < 4.78 is 5.03. The predicted octanol–water partition coefficient (Wildman–Crippen LogP) is 4.68. The Kier molecular flexibility index (Phi) is 7.00. The minimum Gasteiger partial charge on any atom is -0.468 e. The van der Waals surface area contributed by atoms with E-state index < -0.39 is 6.04 Å². The number of nitrogens with zero attached hydrogens (tertiary/aromatic N) is 1. The van der Waals surface area contributed by atoms with Crippen molar-refractivity contribution in [2.24, 2.45) is 0 Å². The van der Waals surface area contributed by atoms with Crippen LogP contribution in [0.5, 0.6) is 0 Å². The van der Waals surface area contributed by atoms with Gasteiger partial charge in [-0.05, 0) is 34.9 Å². The van der Waals surface area contributed by atoms with Gasteiger partial charge in [-0.3, -0.25) is 4.90 Å². The van der Waals surface area contributed by atoms with Gasteiger partial charge in [-0.25, -0.2) is 4.79 Å². The average Bonchev–Trinajstić information content (AvgIpc) is 3.06. The largest absolute Gasteiger partial charge is 0.468 e. The quantitative estimate of drug-likeness (QED) is 0.738. The van der Waals surface area contributed by atoms with Crippen LogP contribution in [0.4, 0.5) is 0 Å². The summed E-state index contributed by atoms with van der Waals surface area (Å²) >= 11 is 8.26. The molecule has 1 aromatic rings. The Morgan fingerprint density at radius 3 is 2.74 bits per heavy atom. The molecule has 0 unspecified atom stereocenters. The van der Waals surface area contributed by atoms with Crippen molar-refractivity contribution < 1.29 is 9.53 Å². The number of hydrogen-bond acceptors (Lipinski definition) is 4. The summed E-state index contributed by atoms with van der Waals surface area (Å²) in [6.45, 7) is 5.71. The number of ether oxygens (including phenoxy) is 1. The molecule has 2 heterocycles. The van der Waals surface area contributed by atoms with E-state index in [1.165, 1.54) is 23.3 Å². The molecule has 0 radical (unpaired) electrons. The molecular formula is C18H24ClNO2S. The van der Waals surface area contributed by atoms with E-state index in [4.69, 9.17) is 16.3 Å². The molecule has 3 nitrogen and oxygen atoms in total. The van der Waals surface area contributed by atoms with Crippen LogP contribution in [-0.2, 0) is 9.53 Å². The zero-order chi connectivity index (χ0) is 16.8. The molecule has 1 aromatic carbocycles. The van der Waals surface area contributed by atoms with Crippen molar-refractivity contribution in [2.75, 3.05) is 26.0 Å². The maximum atomic E-state index is 12.3. The number of rotatable bonds is 3. The van der Waals surface area contributed by atoms with E-state index in [1.54, 1.807) is 0 Å². The van der Waals surface area contributed by atoms with E-state index in [0.29, 0.717) is 5.02 Å². The summed E-state index contributed by atoms with van der Waals surface area (Å²) in [6, 6.07) is 7.12. The zero-order valence-corrected chi connectivity index (χ0v) is 15.5. The van der Waals surface area contributed by atoms with Crippen molar-refractivity contribution in [2.45, 2.75) is 32.7 Å². The van der Waals surface area contributed by atoms with Crippen LogP contribution in [-0.4, -0.2) is 36.8 Å². The summed E-state index contributed by atoms with van der Waals surface area (Å²) in [7, 11) is 1.44. The third-order valence-corrected chi connectivity index (χ3v) is 5.68. The smallest absolute Gasteiger partial charge is 0.327 e. The second-order valence-corrected chi connectivity index (χ2v) is 6.89. The lowest BCUT2D eigenvalue weighted by molar-refractivity contribution is -0.147. The lowest BCUT2D eigenvalue weighted by Gasteiger charge is -2.34. The van der Waals surface area contributed by atoms with E-state index in [2.05, 4.69) is 4.90 Å². The van der Waals surface area contributed by atoms with Crippen LogP contribution in [0.2, 0.25) is 5.02 Å². The van der Waals surface area contributed by atoms with E-state index in [1.807, 2.05) is 49.9 Å². The van der Waals surface area contributed by atoms with Crippen LogP contribution in [0.15, 0.2) is 34.7 Å². The summed E-state index contributed by atoms with van der Waals surface area (Å²) in [5, 5.41) is 0.619. The third kappa shape index (κ3) is 4.11. The second kappa shape index (κ2) is 8.76. The Morgan fingerprint density at radius 2 is 2.04 bits per heavy atom. The lowest BCUT2D eigenvalue weighted by Crippen LogP contribution is -2.39. The molecule has 1 atom stereocenters.